The van der Waals surface area contributed by atoms with E-state index in [0.717, 1.165) is 16.8 Å². The number of carbonyl (C=O) groups is 1. The van der Waals surface area contributed by atoms with E-state index >= 15 is 0 Å². The van der Waals surface area contributed by atoms with Gasteiger partial charge in [-0.05, 0) is 67.4 Å². The lowest BCUT2D eigenvalue weighted by atomic mass is 10.1. The molecule has 0 bridgehead atoms. The summed E-state index contributed by atoms with van der Waals surface area (Å²) in [5.74, 6) is 0.541. The molecule has 0 saturated carbocycles. The average molecular weight is 388 g/mol. The van der Waals surface area contributed by atoms with E-state index in [1.165, 1.54) is 0 Å². The molecule has 4 nitrogen and oxygen atoms in total. The monoisotopic (exact) mass is 387 g/mol. The van der Waals surface area contributed by atoms with Crippen LogP contribution in [0.25, 0.3) is 0 Å². The summed E-state index contributed by atoms with van der Waals surface area (Å²) in [6, 6.07) is 15.9. The molecule has 0 radical (unpaired) electrons. The largest absolute Gasteiger partial charge is 0.455 e. The number of hydrogen-bond acceptors (Lipinski definition) is 3. The van der Waals surface area contributed by atoms with Crippen molar-refractivity contribution >= 4 is 34.0 Å². The Bertz CT molecular complexity index is 963. The van der Waals surface area contributed by atoms with E-state index in [1.54, 1.807) is 36.4 Å². The minimum absolute atomic E-state index is 0.189. The van der Waals surface area contributed by atoms with Crippen LogP contribution in [-0.2, 0) is 16.6 Å². The van der Waals surface area contributed by atoms with Gasteiger partial charge in [-0.25, -0.2) is 0 Å². The first-order chi connectivity index (χ1) is 12.4. The molecule has 3 aromatic rings. The van der Waals surface area contributed by atoms with Crippen molar-refractivity contribution in [2.24, 2.45) is 0 Å². The molecule has 0 spiro atoms. The van der Waals surface area contributed by atoms with Crippen LogP contribution in [0.3, 0.4) is 0 Å². The van der Waals surface area contributed by atoms with Gasteiger partial charge in [0.2, 0.25) is 0 Å². The molecule has 1 unspecified atom stereocenters. The molecule has 0 saturated heterocycles. The van der Waals surface area contributed by atoms with E-state index in [0.29, 0.717) is 15.7 Å². The summed E-state index contributed by atoms with van der Waals surface area (Å²) in [6.45, 7) is 3.89. The normalized spacial score (nSPS) is 12.0. The molecule has 1 heterocycles. The molecule has 6 heteroatoms. The third kappa shape index (κ3) is 4.42. The standard InChI is InChI=1S/C20H18ClNO3S/c1-13-3-4-14(2)18(11-13)22-20(23)19-10-7-16(25-19)12-26(24)17-8-5-15(21)6-9-17/h3-11H,12H2,1-2H3,(H,22,23). The van der Waals surface area contributed by atoms with Gasteiger partial charge in [0, 0.05) is 15.6 Å². The smallest absolute Gasteiger partial charge is 0.291 e. The lowest BCUT2D eigenvalue weighted by molar-refractivity contribution is 0.0995. The van der Waals surface area contributed by atoms with Gasteiger partial charge in [0.05, 0.1) is 16.6 Å². The average Bonchev–Trinajstić information content (AvgIpc) is 3.07. The number of benzene rings is 2. The van der Waals surface area contributed by atoms with Crippen molar-refractivity contribution < 1.29 is 13.4 Å². The summed E-state index contributed by atoms with van der Waals surface area (Å²) in [5.41, 5.74) is 2.78. The summed E-state index contributed by atoms with van der Waals surface area (Å²) in [6.07, 6.45) is 0. The highest BCUT2D eigenvalue weighted by Gasteiger charge is 2.15. The SMILES string of the molecule is Cc1ccc(C)c(NC(=O)c2ccc(CS(=O)c3ccc(Cl)cc3)o2)c1. The van der Waals surface area contributed by atoms with Crippen LogP contribution >= 0.6 is 11.6 Å². The number of amides is 1. The minimum Gasteiger partial charge on any atom is -0.455 e. The van der Waals surface area contributed by atoms with Crippen LogP contribution in [-0.4, -0.2) is 10.1 Å². The Kier molecular flexibility index (Phi) is 5.59. The number of aryl methyl sites for hydroxylation is 2. The molecular formula is C20H18ClNO3S. The third-order valence-electron chi connectivity index (χ3n) is 3.88. The Hall–Kier alpha value is -2.37. The predicted octanol–water partition coefficient (Wildman–Crippen LogP) is 5.11. The fourth-order valence-electron chi connectivity index (χ4n) is 2.43. The van der Waals surface area contributed by atoms with Crippen molar-refractivity contribution in [2.45, 2.75) is 24.5 Å². The first-order valence-corrected chi connectivity index (χ1v) is 9.73. The second-order valence-electron chi connectivity index (χ2n) is 5.98. The summed E-state index contributed by atoms with van der Waals surface area (Å²) >= 11 is 5.84. The first kappa shape index (κ1) is 18.4. The fraction of sp³-hybridized carbons (Fsp3) is 0.150. The molecule has 0 aliphatic rings. The molecule has 1 N–H and O–H groups in total. The van der Waals surface area contributed by atoms with Gasteiger partial charge >= 0.3 is 0 Å². The van der Waals surface area contributed by atoms with Crippen LogP contribution in [0.2, 0.25) is 5.02 Å². The van der Waals surface area contributed by atoms with Crippen LogP contribution in [0.15, 0.2) is 63.9 Å². The minimum atomic E-state index is -1.27. The lowest BCUT2D eigenvalue weighted by Gasteiger charge is -2.08. The summed E-state index contributed by atoms with van der Waals surface area (Å²) in [4.78, 5) is 13.0. The molecule has 0 aliphatic heterocycles. The van der Waals surface area contributed by atoms with Gasteiger partial charge in [0.25, 0.3) is 5.91 Å². The number of halogens is 1. The highest BCUT2D eigenvalue weighted by atomic mass is 35.5. The zero-order valence-electron chi connectivity index (χ0n) is 14.4. The van der Waals surface area contributed by atoms with Crippen LogP contribution in [0, 0.1) is 13.8 Å². The van der Waals surface area contributed by atoms with Crippen molar-refractivity contribution in [1.82, 2.24) is 0 Å². The van der Waals surface area contributed by atoms with Gasteiger partial charge in [-0.3, -0.25) is 9.00 Å². The number of nitrogens with one attached hydrogen (secondary N) is 1. The molecular weight excluding hydrogens is 370 g/mol. The Balaban J connectivity index is 1.69. The maximum Gasteiger partial charge on any atom is 0.291 e. The van der Waals surface area contributed by atoms with E-state index in [1.807, 2.05) is 32.0 Å². The highest BCUT2D eigenvalue weighted by molar-refractivity contribution is 7.84. The van der Waals surface area contributed by atoms with Crippen LogP contribution < -0.4 is 5.32 Å². The third-order valence-corrected chi connectivity index (χ3v) is 5.47. The number of furan rings is 1. The molecule has 0 fully saturated rings. The quantitative estimate of drug-likeness (QED) is 0.661. The number of anilines is 1. The topological polar surface area (TPSA) is 59.3 Å². The molecule has 0 aliphatic carbocycles. The Labute approximate surface area is 159 Å². The van der Waals surface area contributed by atoms with E-state index in [-0.39, 0.29) is 17.4 Å². The first-order valence-electron chi connectivity index (χ1n) is 8.03. The summed E-state index contributed by atoms with van der Waals surface area (Å²) in [7, 11) is -1.27. The summed E-state index contributed by atoms with van der Waals surface area (Å²) in [5, 5.41) is 3.44. The molecule has 3 rings (SSSR count). The Morgan fingerprint density at radius 2 is 1.81 bits per heavy atom. The maximum atomic E-state index is 12.4. The van der Waals surface area contributed by atoms with Crippen molar-refractivity contribution in [1.29, 1.82) is 0 Å². The van der Waals surface area contributed by atoms with Crippen molar-refractivity contribution in [3.05, 3.63) is 82.3 Å². The van der Waals surface area contributed by atoms with Crippen LogP contribution in [0.1, 0.15) is 27.4 Å². The predicted molar refractivity (Wildman–Crippen MR) is 104 cm³/mol. The van der Waals surface area contributed by atoms with Crippen LogP contribution in [0.5, 0.6) is 0 Å². The van der Waals surface area contributed by atoms with Crippen molar-refractivity contribution in [2.75, 3.05) is 5.32 Å². The zero-order valence-corrected chi connectivity index (χ0v) is 16.0. The molecule has 26 heavy (non-hydrogen) atoms. The second kappa shape index (κ2) is 7.89. The van der Waals surface area contributed by atoms with E-state index < -0.39 is 10.8 Å². The number of carbonyl (C=O) groups excluding carboxylic acids is 1. The summed E-state index contributed by atoms with van der Waals surface area (Å²) < 4.78 is 18.0. The van der Waals surface area contributed by atoms with Crippen molar-refractivity contribution in [3.8, 4) is 0 Å². The van der Waals surface area contributed by atoms with Crippen molar-refractivity contribution in [3.63, 3.8) is 0 Å². The molecule has 1 amide bonds. The highest BCUT2D eigenvalue weighted by Crippen LogP contribution is 2.20. The van der Waals surface area contributed by atoms with E-state index in [2.05, 4.69) is 5.32 Å². The van der Waals surface area contributed by atoms with Gasteiger partial charge in [-0.1, -0.05) is 23.7 Å². The molecule has 2 aromatic carbocycles. The molecule has 134 valence electrons. The van der Waals surface area contributed by atoms with Gasteiger partial charge in [0.1, 0.15) is 5.76 Å². The number of hydrogen-bond donors (Lipinski definition) is 1. The van der Waals surface area contributed by atoms with Gasteiger partial charge < -0.3 is 9.73 Å². The number of rotatable bonds is 5. The second-order valence-corrected chi connectivity index (χ2v) is 7.87. The van der Waals surface area contributed by atoms with Crippen LogP contribution in [0.4, 0.5) is 5.69 Å². The van der Waals surface area contributed by atoms with Gasteiger partial charge in [-0.15, -0.1) is 0 Å². The lowest BCUT2D eigenvalue weighted by Crippen LogP contribution is -2.12. The fourth-order valence-corrected chi connectivity index (χ4v) is 3.58. The zero-order chi connectivity index (χ0) is 18.7. The molecule has 1 atom stereocenters. The molecule has 1 aromatic heterocycles. The van der Waals surface area contributed by atoms with E-state index in [4.69, 9.17) is 16.0 Å². The Morgan fingerprint density at radius 1 is 1.08 bits per heavy atom. The van der Waals surface area contributed by atoms with E-state index in [9.17, 15) is 9.00 Å². The van der Waals surface area contributed by atoms with Gasteiger partial charge in [0.15, 0.2) is 5.76 Å². The Morgan fingerprint density at radius 3 is 2.54 bits per heavy atom. The maximum absolute atomic E-state index is 12.4. The van der Waals surface area contributed by atoms with Gasteiger partial charge in [-0.2, -0.15) is 0 Å².